The fraction of sp³-hybridized carbons (Fsp3) is 0.250. The molecular weight excluding hydrogens is 424 g/mol. The number of rotatable bonds is 4. The van der Waals surface area contributed by atoms with Crippen molar-refractivity contribution < 1.29 is 0 Å². The Morgan fingerprint density at radius 3 is 2.97 bits per heavy atom. The van der Waals surface area contributed by atoms with Crippen molar-refractivity contribution in [1.29, 1.82) is 0 Å². The quantitative estimate of drug-likeness (QED) is 0.494. The van der Waals surface area contributed by atoms with Gasteiger partial charge in [0.25, 0.3) is 0 Å². The number of benzene rings is 2. The number of fused-ring (bicyclic) bond motifs is 3. The fourth-order valence-corrected chi connectivity index (χ4v) is 6.06. The zero-order valence-electron chi connectivity index (χ0n) is 18.8. The molecule has 2 aliphatic heterocycles. The molecule has 0 radical (unpaired) electrons. The van der Waals surface area contributed by atoms with Gasteiger partial charge in [-0.2, -0.15) is 0 Å². The molecule has 4 aromatic rings. The minimum Gasteiger partial charge on any atom is -0.366 e. The molecule has 6 rings (SSSR count). The van der Waals surface area contributed by atoms with Gasteiger partial charge in [-0.05, 0) is 54.3 Å². The summed E-state index contributed by atoms with van der Waals surface area (Å²) in [7, 11) is 0. The van der Waals surface area contributed by atoms with E-state index >= 15 is 0 Å². The van der Waals surface area contributed by atoms with Crippen molar-refractivity contribution in [2.24, 2.45) is 0 Å². The van der Waals surface area contributed by atoms with Crippen molar-refractivity contribution in [3.63, 3.8) is 0 Å². The van der Waals surface area contributed by atoms with Gasteiger partial charge in [-0.15, -0.1) is 11.3 Å². The minimum absolute atomic E-state index is 0.445. The first kappa shape index (κ1) is 20.5. The Morgan fingerprint density at radius 1 is 1.09 bits per heavy atom. The third-order valence-corrected chi connectivity index (χ3v) is 7.73. The molecule has 1 fully saturated rings. The van der Waals surface area contributed by atoms with Gasteiger partial charge in [0, 0.05) is 53.7 Å². The van der Waals surface area contributed by atoms with Crippen molar-refractivity contribution in [2.45, 2.75) is 25.8 Å². The molecule has 0 spiro atoms. The standard InChI is InChI=1S/C28H28N4S/c1-19-16-25-27(26-22(9-5-13-30-26)17-31-28(25)33-19)32-15-14-29-23(18-32)12-11-21-8-4-7-20-6-2-3-10-24(20)21/h2-10,13,16-17,23,29,31H,11-12,14-15,18H2,1H3. The molecular formula is C28H28N4S. The predicted molar refractivity (Wildman–Crippen MR) is 139 cm³/mol. The van der Waals surface area contributed by atoms with Crippen LogP contribution in [0.5, 0.6) is 0 Å². The maximum absolute atomic E-state index is 4.83. The minimum atomic E-state index is 0.445. The summed E-state index contributed by atoms with van der Waals surface area (Å²) < 4.78 is 0. The second-order valence-corrected chi connectivity index (χ2v) is 10.2. The lowest BCUT2D eigenvalue weighted by Crippen LogP contribution is -2.51. The van der Waals surface area contributed by atoms with Crippen molar-refractivity contribution in [3.05, 3.63) is 93.4 Å². The molecule has 2 aromatic carbocycles. The van der Waals surface area contributed by atoms with Gasteiger partial charge in [0.15, 0.2) is 0 Å². The summed E-state index contributed by atoms with van der Waals surface area (Å²) in [6, 6.07) is 22.3. The van der Waals surface area contributed by atoms with E-state index in [0.717, 1.165) is 43.0 Å². The van der Waals surface area contributed by atoms with Gasteiger partial charge in [0.1, 0.15) is 5.00 Å². The number of thiophene rings is 1. The lowest BCUT2D eigenvalue weighted by atomic mass is 9.97. The summed E-state index contributed by atoms with van der Waals surface area (Å²) in [6.07, 6.45) is 6.21. The number of pyridine rings is 1. The highest BCUT2D eigenvalue weighted by molar-refractivity contribution is 7.16. The smallest absolute Gasteiger partial charge is 0.102 e. The third-order valence-electron chi connectivity index (χ3n) is 6.75. The van der Waals surface area contributed by atoms with Gasteiger partial charge in [-0.3, -0.25) is 4.98 Å². The Hall–Kier alpha value is -3.15. The normalized spacial score (nSPS) is 17.7. The number of hydrogen-bond acceptors (Lipinski definition) is 5. The van der Waals surface area contributed by atoms with E-state index in [1.807, 2.05) is 23.6 Å². The highest BCUT2D eigenvalue weighted by Crippen LogP contribution is 2.34. The SMILES string of the molecule is Cc1cc2c(s1)NC=c1cccnc1=C2N1CCNC(CCc2cccc3ccccc23)C1. The van der Waals surface area contributed by atoms with Gasteiger partial charge in [-0.1, -0.05) is 42.5 Å². The molecule has 4 heterocycles. The second kappa shape index (κ2) is 8.65. The van der Waals surface area contributed by atoms with E-state index < -0.39 is 0 Å². The third kappa shape index (κ3) is 3.92. The Kier molecular flexibility index (Phi) is 5.36. The summed E-state index contributed by atoms with van der Waals surface area (Å²) >= 11 is 1.82. The van der Waals surface area contributed by atoms with E-state index in [9.17, 15) is 0 Å². The zero-order valence-corrected chi connectivity index (χ0v) is 19.7. The number of nitrogens with zero attached hydrogens (tertiary/aromatic N) is 2. The Bertz CT molecular complexity index is 1430. The van der Waals surface area contributed by atoms with E-state index in [0.29, 0.717) is 6.04 Å². The van der Waals surface area contributed by atoms with Crippen LogP contribution in [-0.2, 0) is 6.42 Å². The molecule has 0 saturated carbocycles. The van der Waals surface area contributed by atoms with Crippen LogP contribution >= 0.6 is 11.3 Å². The molecule has 1 unspecified atom stereocenters. The van der Waals surface area contributed by atoms with Crippen LogP contribution in [-0.4, -0.2) is 35.6 Å². The van der Waals surface area contributed by atoms with Crippen LogP contribution < -0.4 is 21.2 Å². The molecule has 1 atom stereocenters. The number of nitrogens with one attached hydrogen (secondary N) is 2. The molecule has 2 aromatic heterocycles. The first-order valence-corrected chi connectivity index (χ1v) is 12.6. The molecule has 0 aliphatic carbocycles. The summed E-state index contributed by atoms with van der Waals surface area (Å²) in [5.41, 5.74) is 3.99. The lowest BCUT2D eigenvalue weighted by Gasteiger charge is -2.36. The van der Waals surface area contributed by atoms with Crippen LogP contribution in [0.25, 0.3) is 22.7 Å². The Labute approximate surface area is 198 Å². The number of hydrogen-bond donors (Lipinski definition) is 2. The summed E-state index contributed by atoms with van der Waals surface area (Å²) in [4.78, 5) is 8.71. The molecule has 1 saturated heterocycles. The molecule has 5 heteroatoms. The van der Waals surface area contributed by atoms with Gasteiger partial charge in [0.05, 0.1) is 11.0 Å². The van der Waals surface area contributed by atoms with Crippen LogP contribution in [0.15, 0.2) is 66.9 Å². The number of aromatic nitrogens is 1. The average Bonchev–Trinajstić information content (AvgIpc) is 3.15. The monoisotopic (exact) mass is 452 g/mol. The first-order valence-electron chi connectivity index (χ1n) is 11.7. The number of anilines is 1. The molecule has 33 heavy (non-hydrogen) atoms. The van der Waals surface area contributed by atoms with Crippen LogP contribution in [0, 0.1) is 6.92 Å². The van der Waals surface area contributed by atoms with Crippen LogP contribution in [0.4, 0.5) is 5.00 Å². The highest BCUT2D eigenvalue weighted by atomic mass is 32.1. The number of aryl methyl sites for hydroxylation is 2. The Morgan fingerprint density at radius 2 is 2.00 bits per heavy atom. The van der Waals surface area contributed by atoms with Gasteiger partial charge in [-0.25, -0.2) is 0 Å². The Balaban J connectivity index is 1.30. The molecule has 4 nitrogen and oxygen atoms in total. The molecule has 0 bridgehead atoms. The summed E-state index contributed by atoms with van der Waals surface area (Å²) in [5.74, 6) is 0. The van der Waals surface area contributed by atoms with E-state index in [1.54, 1.807) is 0 Å². The molecule has 2 aliphatic rings. The zero-order chi connectivity index (χ0) is 22.2. The topological polar surface area (TPSA) is 40.2 Å². The maximum Gasteiger partial charge on any atom is 0.102 e. The molecule has 166 valence electrons. The second-order valence-electron chi connectivity index (χ2n) is 8.95. The van der Waals surface area contributed by atoms with Crippen molar-refractivity contribution in [1.82, 2.24) is 15.2 Å². The van der Waals surface area contributed by atoms with Gasteiger partial charge >= 0.3 is 0 Å². The van der Waals surface area contributed by atoms with E-state index in [4.69, 9.17) is 4.98 Å². The lowest BCUT2D eigenvalue weighted by molar-refractivity contribution is 0.268. The van der Waals surface area contributed by atoms with Crippen LogP contribution in [0.1, 0.15) is 22.4 Å². The number of piperazine rings is 1. The van der Waals surface area contributed by atoms with E-state index in [2.05, 4.69) is 83.3 Å². The van der Waals surface area contributed by atoms with Crippen molar-refractivity contribution in [3.8, 4) is 0 Å². The molecule has 0 amide bonds. The highest BCUT2D eigenvalue weighted by Gasteiger charge is 2.26. The van der Waals surface area contributed by atoms with Gasteiger partial charge < -0.3 is 15.5 Å². The maximum atomic E-state index is 4.83. The summed E-state index contributed by atoms with van der Waals surface area (Å²) in [6.45, 7) is 5.15. The molecule has 2 N–H and O–H groups in total. The fourth-order valence-electron chi connectivity index (χ4n) is 5.18. The largest absolute Gasteiger partial charge is 0.366 e. The van der Waals surface area contributed by atoms with E-state index in [-0.39, 0.29) is 0 Å². The van der Waals surface area contributed by atoms with Crippen molar-refractivity contribution in [2.75, 3.05) is 25.0 Å². The predicted octanol–water partition coefficient (Wildman–Crippen LogP) is 3.83. The summed E-state index contributed by atoms with van der Waals surface area (Å²) in [5, 5.41) is 13.5. The average molecular weight is 453 g/mol. The van der Waals surface area contributed by atoms with Crippen molar-refractivity contribution >= 4 is 39.0 Å². The first-order chi connectivity index (χ1) is 16.3. The van der Waals surface area contributed by atoms with Gasteiger partial charge in [0.2, 0.25) is 0 Å². The van der Waals surface area contributed by atoms with Crippen LogP contribution in [0.2, 0.25) is 0 Å². The van der Waals surface area contributed by atoms with Crippen LogP contribution in [0.3, 0.4) is 0 Å². The van der Waals surface area contributed by atoms with E-state index in [1.165, 1.54) is 37.5 Å².